The molecule has 1 N–H and O–H groups in total. The van der Waals surface area contributed by atoms with Crippen molar-refractivity contribution in [3.63, 3.8) is 0 Å². The summed E-state index contributed by atoms with van der Waals surface area (Å²) >= 11 is 0. The van der Waals surface area contributed by atoms with Gasteiger partial charge in [-0.15, -0.1) is 0 Å². The van der Waals surface area contributed by atoms with E-state index in [1.807, 2.05) is 11.7 Å². The fourth-order valence-corrected chi connectivity index (χ4v) is 1.93. The van der Waals surface area contributed by atoms with E-state index in [9.17, 15) is 0 Å². The van der Waals surface area contributed by atoms with E-state index in [-0.39, 0.29) is 5.41 Å². The summed E-state index contributed by atoms with van der Waals surface area (Å²) < 4.78 is 1.96. The van der Waals surface area contributed by atoms with Crippen molar-refractivity contribution in [3.8, 4) is 0 Å². The van der Waals surface area contributed by atoms with Crippen molar-refractivity contribution < 1.29 is 0 Å². The van der Waals surface area contributed by atoms with Crippen LogP contribution in [0.2, 0.25) is 0 Å². The summed E-state index contributed by atoms with van der Waals surface area (Å²) in [5.41, 5.74) is 2.82. The monoisotopic (exact) mass is 179 g/mol. The molecule has 2 heterocycles. The molecule has 0 fully saturated rings. The van der Waals surface area contributed by atoms with Gasteiger partial charge in [0.05, 0.1) is 5.69 Å². The maximum absolute atomic E-state index is 4.56. The van der Waals surface area contributed by atoms with Gasteiger partial charge in [0.25, 0.3) is 0 Å². The molecule has 1 aliphatic rings. The number of hydrogen-bond acceptors (Lipinski definition) is 2. The van der Waals surface area contributed by atoms with E-state index in [0.717, 1.165) is 13.0 Å². The van der Waals surface area contributed by atoms with E-state index in [1.54, 1.807) is 0 Å². The zero-order valence-corrected chi connectivity index (χ0v) is 8.81. The van der Waals surface area contributed by atoms with Crippen LogP contribution in [0.5, 0.6) is 0 Å². The Balaban J connectivity index is 2.55. The molecule has 13 heavy (non-hydrogen) atoms. The first kappa shape index (κ1) is 8.60. The fraction of sp³-hybridized carbons (Fsp3) is 0.700. The standard InChI is InChI=1S/C10H17N3/c1-10(2,3)8-7-5-6-11-9(7)13(4)12-8/h11H,5-6H2,1-4H3. The van der Waals surface area contributed by atoms with Crippen LogP contribution in [0.3, 0.4) is 0 Å². The molecule has 0 saturated carbocycles. The topological polar surface area (TPSA) is 29.9 Å². The molecule has 0 amide bonds. The molecule has 0 unspecified atom stereocenters. The lowest BCUT2D eigenvalue weighted by molar-refractivity contribution is 0.547. The van der Waals surface area contributed by atoms with E-state index in [1.165, 1.54) is 17.1 Å². The maximum Gasteiger partial charge on any atom is 0.127 e. The van der Waals surface area contributed by atoms with Crippen LogP contribution in [0.1, 0.15) is 32.0 Å². The molecule has 0 radical (unpaired) electrons. The summed E-state index contributed by atoms with van der Waals surface area (Å²) in [5, 5.41) is 7.92. The third-order valence-electron chi connectivity index (χ3n) is 2.52. The van der Waals surface area contributed by atoms with E-state index in [0.29, 0.717) is 0 Å². The smallest absolute Gasteiger partial charge is 0.127 e. The van der Waals surface area contributed by atoms with Gasteiger partial charge >= 0.3 is 0 Å². The summed E-state index contributed by atoms with van der Waals surface area (Å²) in [6.07, 6.45) is 1.12. The minimum Gasteiger partial charge on any atom is -0.370 e. The molecule has 3 heteroatoms. The Morgan fingerprint density at radius 2 is 2.08 bits per heavy atom. The molecule has 1 aromatic rings. The largest absolute Gasteiger partial charge is 0.370 e. The van der Waals surface area contributed by atoms with E-state index >= 15 is 0 Å². The van der Waals surface area contributed by atoms with Gasteiger partial charge in [0.2, 0.25) is 0 Å². The average molecular weight is 179 g/mol. The summed E-state index contributed by atoms with van der Waals surface area (Å²) in [7, 11) is 2.01. The van der Waals surface area contributed by atoms with Gasteiger partial charge < -0.3 is 5.32 Å². The number of rotatable bonds is 0. The Morgan fingerprint density at radius 1 is 1.38 bits per heavy atom. The van der Waals surface area contributed by atoms with Crippen molar-refractivity contribution in [2.45, 2.75) is 32.6 Å². The van der Waals surface area contributed by atoms with Crippen LogP contribution in [0.4, 0.5) is 5.82 Å². The quantitative estimate of drug-likeness (QED) is 0.656. The maximum atomic E-state index is 4.56. The molecule has 0 aliphatic carbocycles. The van der Waals surface area contributed by atoms with Crippen molar-refractivity contribution in [1.29, 1.82) is 0 Å². The summed E-state index contributed by atoms with van der Waals surface area (Å²) in [6, 6.07) is 0. The molecular formula is C10H17N3. The predicted octanol–water partition coefficient (Wildman–Crippen LogP) is 1.69. The Bertz CT molecular complexity index is 331. The SMILES string of the molecule is Cn1nc(C(C)(C)C)c2c1NCC2. The van der Waals surface area contributed by atoms with Crippen LogP contribution in [-0.2, 0) is 18.9 Å². The van der Waals surface area contributed by atoms with Crippen molar-refractivity contribution in [1.82, 2.24) is 9.78 Å². The average Bonchev–Trinajstić information content (AvgIpc) is 2.51. The van der Waals surface area contributed by atoms with Crippen LogP contribution in [0, 0.1) is 0 Å². The second-order valence-electron chi connectivity index (χ2n) is 4.73. The molecule has 72 valence electrons. The lowest BCUT2D eigenvalue weighted by Crippen LogP contribution is -2.15. The van der Waals surface area contributed by atoms with Crippen molar-refractivity contribution in [3.05, 3.63) is 11.3 Å². The highest BCUT2D eigenvalue weighted by atomic mass is 15.3. The number of anilines is 1. The second kappa shape index (κ2) is 2.50. The van der Waals surface area contributed by atoms with Gasteiger partial charge in [0.15, 0.2) is 0 Å². The minimum absolute atomic E-state index is 0.164. The van der Waals surface area contributed by atoms with E-state index in [2.05, 4.69) is 31.2 Å². The molecule has 3 nitrogen and oxygen atoms in total. The predicted molar refractivity (Wildman–Crippen MR) is 54.1 cm³/mol. The lowest BCUT2D eigenvalue weighted by Gasteiger charge is -2.16. The summed E-state index contributed by atoms with van der Waals surface area (Å²) in [6.45, 7) is 7.71. The highest BCUT2D eigenvalue weighted by Crippen LogP contribution is 2.32. The van der Waals surface area contributed by atoms with Crippen molar-refractivity contribution in [2.24, 2.45) is 7.05 Å². The Morgan fingerprint density at radius 3 is 2.69 bits per heavy atom. The van der Waals surface area contributed by atoms with E-state index < -0.39 is 0 Å². The number of aryl methyl sites for hydroxylation is 1. The van der Waals surface area contributed by atoms with Crippen LogP contribution in [-0.4, -0.2) is 16.3 Å². The molecule has 0 saturated heterocycles. The molecule has 2 rings (SSSR count). The van der Waals surface area contributed by atoms with Gasteiger partial charge in [0.1, 0.15) is 5.82 Å². The van der Waals surface area contributed by atoms with Gasteiger partial charge in [-0.25, -0.2) is 0 Å². The highest BCUT2D eigenvalue weighted by molar-refractivity contribution is 5.53. The third-order valence-corrected chi connectivity index (χ3v) is 2.52. The van der Waals surface area contributed by atoms with Crippen molar-refractivity contribution in [2.75, 3.05) is 11.9 Å². The van der Waals surface area contributed by atoms with Crippen LogP contribution in [0.15, 0.2) is 0 Å². The first-order chi connectivity index (χ1) is 6.00. The van der Waals surface area contributed by atoms with Crippen LogP contribution in [0.25, 0.3) is 0 Å². The lowest BCUT2D eigenvalue weighted by atomic mass is 9.89. The summed E-state index contributed by atoms with van der Waals surface area (Å²) in [4.78, 5) is 0. The Labute approximate surface area is 79.1 Å². The Kier molecular flexibility index (Phi) is 1.65. The third kappa shape index (κ3) is 1.23. The van der Waals surface area contributed by atoms with Gasteiger partial charge in [-0.2, -0.15) is 5.10 Å². The number of hydrogen-bond donors (Lipinski definition) is 1. The van der Waals surface area contributed by atoms with Gasteiger partial charge in [-0.3, -0.25) is 4.68 Å². The molecule has 1 aliphatic heterocycles. The van der Waals surface area contributed by atoms with Crippen molar-refractivity contribution >= 4 is 5.82 Å². The zero-order valence-electron chi connectivity index (χ0n) is 8.81. The number of nitrogens with zero attached hydrogens (tertiary/aromatic N) is 2. The van der Waals surface area contributed by atoms with Gasteiger partial charge in [-0.1, -0.05) is 20.8 Å². The minimum atomic E-state index is 0.164. The zero-order chi connectivity index (χ0) is 9.64. The summed E-state index contributed by atoms with van der Waals surface area (Å²) in [5.74, 6) is 1.21. The number of nitrogens with one attached hydrogen (secondary N) is 1. The second-order valence-corrected chi connectivity index (χ2v) is 4.73. The molecular weight excluding hydrogens is 162 g/mol. The fourth-order valence-electron chi connectivity index (χ4n) is 1.93. The first-order valence-electron chi connectivity index (χ1n) is 4.80. The van der Waals surface area contributed by atoms with Gasteiger partial charge in [0, 0.05) is 24.6 Å². The van der Waals surface area contributed by atoms with Gasteiger partial charge in [-0.05, 0) is 6.42 Å². The highest BCUT2D eigenvalue weighted by Gasteiger charge is 2.27. The normalized spacial score (nSPS) is 15.7. The van der Waals surface area contributed by atoms with Crippen LogP contribution >= 0.6 is 0 Å². The first-order valence-corrected chi connectivity index (χ1v) is 4.80. The van der Waals surface area contributed by atoms with E-state index in [4.69, 9.17) is 0 Å². The molecule has 0 aromatic carbocycles. The van der Waals surface area contributed by atoms with Crippen LogP contribution < -0.4 is 5.32 Å². The number of fused-ring (bicyclic) bond motifs is 1. The molecule has 0 atom stereocenters. The molecule has 1 aromatic heterocycles. The molecule has 0 bridgehead atoms. The Hall–Kier alpha value is -0.990. The molecule has 0 spiro atoms. The number of aromatic nitrogens is 2.